The molecule has 110 heavy (non-hydrogen) atoms. The molecule has 0 fully saturated rings. The summed E-state index contributed by atoms with van der Waals surface area (Å²) in [7, 11) is -9.41. The van der Waals surface area contributed by atoms with Gasteiger partial charge in [-0.05, 0) is 51.4 Å². The number of carbonyl (C=O) groups is 5. The number of phosphoric ester groups is 2. The van der Waals surface area contributed by atoms with E-state index in [1.54, 1.807) is 0 Å². The first kappa shape index (κ1) is 113. The Bertz CT molecular complexity index is 2150. The van der Waals surface area contributed by atoms with Gasteiger partial charge in [0.1, 0.15) is 12.2 Å². The van der Waals surface area contributed by atoms with E-state index < -0.39 is 60.2 Å². The second-order valence-corrected chi connectivity index (χ2v) is 33.6. The van der Waals surface area contributed by atoms with Crippen molar-refractivity contribution in [3.8, 4) is 0 Å². The van der Waals surface area contributed by atoms with E-state index in [1.807, 2.05) is 0 Å². The normalized spacial score (nSPS) is 13.6. The molecule has 0 bridgehead atoms. The van der Waals surface area contributed by atoms with E-state index in [2.05, 4.69) is 62.8 Å². The molecular formula is C85H168N4Na2O17P2. The number of nitrogens with one attached hydrogen (secondary N) is 4. The molecule has 0 heterocycles. The maximum atomic E-state index is 13.3. The molecule has 21 nitrogen and oxygen atoms in total. The van der Waals surface area contributed by atoms with Crippen molar-refractivity contribution in [1.82, 2.24) is 21.3 Å². The predicted octanol–water partition coefficient (Wildman–Crippen LogP) is 22.1. The van der Waals surface area contributed by atoms with E-state index in [9.17, 15) is 42.9 Å². The van der Waals surface area contributed by atoms with Crippen molar-refractivity contribution in [3.63, 3.8) is 0 Å². The van der Waals surface area contributed by atoms with Gasteiger partial charge in [0.25, 0.3) is 0 Å². The molecule has 0 aliphatic carbocycles. The molecule has 0 aliphatic rings. The van der Waals surface area contributed by atoms with Gasteiger partial charge in [0.05, 0.1) is 64.9 Å². The van der Waals surface area contributed by atoms with Gasteiger partial charge in [0, 0.05) is 111 Å². The summed E-state index contributed by atoms with van der Waals surface area (Å²) < 4.78 is 71.8. The number of ether oxygens (including phenoxy) is 4. The molecule has 0 spiro atoms. The summed E-state index contributed by atoms with van der Waals surface area (Å²) in [6, 6.07) is -2.32. The van der Waals surface area contributed by atoms with Gasteiger partial charge in [0.15, 0.2) is 0 Å². The average Bonchev–Trinajstić information content (AvgIpc) is 0.913. The van der Waals surface area contributed by atoms with Gasteiger partial charge < -0.3 is 50.0 Å². The van der Waals surface area contributed by atoms with Crippen molar-refractivity contribution in [3.05, 3.63) is 0 Å². The van der Waals surface area contributed by atoms with Crippen LogP contribution in [0.4, 0.5) is 4.79 Å². The van der Waals surface area contributed by atoms with Crippen molar-refractivity contribution in [2.45, 2.75) is 451 Å². The number of amides is 4. The molecular weight excluding hydrogens is 1460 g/mol. The largest absolute Gasteiger partial charge is 0.472 e. The first-order valence-corrected chi connectivity index (χ1v) is 47.9. The van der Waals surface area contributed by atoms with Gasteiger partial charge >= 0.3 is 33.6 Å². The fourth-order valence-electron chi connectivity index (χ4n) is 13.3. The third kappa shape index (κ3) is 82.4. The Balaban J connectivity index is -0.0000572. The summed E-state index contributed by atoms with van der Waals surface area (Å²) >= 11 is 0. The Morgan fingerprint density at radius 1 is 0.291 bits per heavy atom. The SMILES string of the molecule is CCCCCCCCCCCCCCC(=O)N[C@@H](COCC[C@@H](CCCCCCC)OC(=O)CCCCCCCCCCCC)COP(=O)(O)OCCNC(=O)NCCOP(=O)(O)OC[C@@H](COCC[C@@H](CCCCCCC)OC(=O)CCCCCCCCCCC)NC(=O)CCCCCCCCCCCCC.[Na].[Na]. The van der Waals surface area contributed by atoms with Gasteiger partial charge in [-0.1, -0.05) is 337 Å². The average molecular weight is 1630 g/mol. The van der Waals surface area contributed by atoms with Crippen LogP contribution in [0.15, 0.2) is 0 Å². The minimum Gasteiger partial charge on any atom is -0.462 e. The van der Waals surface area contributed by atoms with Gasteiger partial charge in [-0.3, -0.25) is 37.3 Å². The second kappa shape index (κ2) is 86.1. The van der Waals surface area contributed by atoms with Gasteiger partial charge in [-0.15, -0.1) is 0 Å². The van der Waals surface area contributed by atoms with Crippen LogP contribution in [-0.4, -0.2) is 189 Å². The second-order valence-electron chi connectivity index (χ2n) is 30.7. The number of rotatable bonds is 86. The van der Waals surface area contributed by atoms with E-state index in [0.717, 1.165) is 154 Å². The van der Waals surface area contributed by atoms with Crippen LogP contribution in [0.5, 0.6) is 0 Å². The molecule has 0 saturated carbocycles. The van der Waals surface area contributed by atoms with Gasteiger partial charge in [0.2, 0.25) is 11.8 Å². The van der Waals surface area contributed by atoms with Crippen molar-refractivity contribution in [2.24, 2.45) is 0 Å². The quantitative estimate of drug-likeness (QED) is 0.0143. The van der Waals surface area contributed by atoms with Crippen LogP contribution in [-0.2, 0) is 65.4 Å². The minimum atomic E-state index is -4.71. The summed E-state index contributed by atoms with van der Waals surface area (Å²) in [6.07, 6.45) is 62.7. The summed E-state index contributed by atoms with van der Waals surface area (Å²) in [6.45, 7) is 11.6. The zero-order chi connectivity index (χ0) is 79.2. The van der Waals surface area contributed by atoms with Crippen LogP contribution in [0.3, 0.4) is 0 Å². The molecule has 2 unspecified atom stereocenters. The van der Waals surface area contributed by atoms with Crippen LogP contribution in [0.25, 0.3) is 0 Å². The molecule has 6 atom stereocenters. The molecule has 4 amide bonds. The van der Waals surface area contributed by atoms with E-state index in [-0.39, 0.29) is 147 Å². The Labute approximate surface area is 717 Å². The third-order valence-electron chi connectivity index (χ3n) is 20.0. The van der Waals surface area contributed by atoms with E-state index in [0.29, 0.717) is 38.5 Å². The van der Waals surface area contributed by atoms with Crippen LogP contribution >= 0.6 is 15.6 Å². The maximum absolute atomic E-state index is 13.3. The maximum Gasteiger partial charge on any atom is 0.472 e. The number of urea groups is 1. The Morgan fingerprint density at radius 2 is 0.527 bits per heavy atom. The van der Waals surface area contributed by atoms with Crippen LogP contribution in [0.1, 0.15) is 427 Å². The molecule has 642 valence electrons. The van der Waals surface area contributed by atoms with E-state index in [1.165, 1.54) is 180 Å². The summed E-state index contributed by atoms with van der Waals surface area (Å²) in [5.74, 6) is -0.842. The molecule has 0 aliphatic heterocycles. The van der Waals surface area contributed by atoms with Crippen LogP contribution < -0.4 is 21.3 Å². The summed E-state index contributed by atoms with van der Waals surface area (Å²) in [4.78, 5) is 86.9. The van der Waals surface area contributed by atoms with E-state index in [4.69, 9.17) is 37.0 Å². The zero-order valence-electron chi connectivity index (χ0n) is 72.2. The molecule has 0 aromatic carbocycles. The third-order valence-corrected chi connectivity index (χ3v) is 22.0. The molecule has 2 radical (unpaired) electrons. The molecule has 25 heteroatoms. The molecule has 0 saturated heterocycles. The Kier molecular flexibility index (Phi) is 88.8. The van der Waals surface area contributed by atoms with Crippen LogP contribution in [0, 0.1) is 0 Å². The number of hydrogen-bond acceptors (Lipinski definition) is 15. The van der Waals surface area contributed by atoms with Crippen molar-refractivity contribution >= 4 is 105 Å². The molecule has 0 aromatic rings. The summed E-state index contributed by atoms with van der Waals surface area (Å²) in [5.41, 5.74) is 0. The minimum absolute atomic E-state index is 0. The van der Waals surface area contributed by atoms with Crippen LogP contribution in [0.2, 0.25) is 0 Å². The fraction of sp³-hybridized carbons (Fsp3) is 0.941. The van der Waals surface area contributed by atoms with Gasteiger partial charge in [-0.2, -0.15) is 0 Å². The standard InChI is InChI=1S/C85H168N4O17P2.2Na/c1-7-13-19-25-29-33-36-38-41-44-50-56-62-82(91)89-78(74-100-70-66-80(60-54-48-24-18-12-6)106-84(93)64-58-52-46-42-35-31-27-21-15-9-3)76-104-108(97,98)102-72-68-87-85(94)86-67-71-101-107(95,96)103-75-77(88-81(90)61-55-49-43-40-37-34-30-26-20-14-8-2)73-99-69-65-79(59-53-47-23-17-11-5)105-83(92)63-57-51-45-39-32-28-22-16-10-4;;/h77-80H,7-76H2,1-6H3,(H,88,90)(H,89,91)(H,95,96)(H,97,98)(H2,86,87,94);;/t77-,78+,79-,80-;;/m1../s1. The number of carbonyl (C=O) groups excluding carboxylic acids is 5. The smallest absolute Gasteiger partial charge is 0.462 e. The topological polar surface area (TPSA) is 282 Å². The fourth-order valence-corrected chi connectivity index (χ4v) is 14.8. The van der Waals surface area contributed by atoms with Crippen molar-refractivity contribution < 1.29 is 79.9 Å². The number of phosphoric acid groups is 2. The van der Waals surface area contributed by atoms with Crippen molar-refractivity contribution in [2.75, 3.05) is 65.9 Å². The van der Waals surface area contributed by atoms with Gasteiger partial charge in [-0.25, -0.2) is 13.9 Å². The predicted molar refractivity (Wildman–Crippen MR) is 453 cm³/mol. The Hall–Kier alpha value is -0.710. The first-order chi connectivity index (χ1) is 52.5. The first-order valence-electron chi connectivity index (χ1n) is 44.9. The molecule has 6 N–H and O–H groups in total. The monoisotopic (exact) mass is 1630 g/mol. The number of esters is 2. The zero-order valence-corrected chi connectivity index (χ0v) is 78.0. The van der Waals surface area contributed by atoms with E-state index >= 15 is 0 Å². The summed E-state index contributed by atoms with van der Waals surface area (Å²) in [5, 5.41) is 10.9. The number of hydrogen-bond donors (Lipinski definition) is 6. The number of unbranched alkanes of at least 4 members (excludes halogenated alkanes) is 46. The Morgan fingerprint density at radius 3 is 0.791 bits per heavy atom. The molecule has 0 rings (SSSR count). The van der Waals surface area contributed by atoms with Crippen molar-refractivity contribution in [1.29, 1.82) is 0 Å². The molecule has 0 aromatic heterocycles.